The second-order valence-corrected chi connectivity index (χ2v) is 6.30. The summed E-state index contributed by atoms with van der Waals surface area (Å²) in [7, 11) is 1.50. The average Bonchev–Trinajstić information content (AvgIpc) is 3.02. The van der Waals surface area contributed by atoms with Crippen LogP contribution in [0.1, 0.15) is 6.42 Å². The summed E-state index contributed by atoms with van der Waals surface area (Å²) >= 11 is 1.71. The molecule has 0 unspecified atom stereocenters. The summed E-state index contributed by atoms with van der Waals surface area (Å²) in [5.74, 6) is 3.62. The topological polar surface area (TPSA) is 73.6 Å². The molecule has 2 aliphatic heterocycles. The number of ether oxygens (including phenoxy) is 2. The third-order valence-corrected chi connectivity index (χ3v) is 4.54. The molecule has 134 valence electrons. The van der Waals surface area contributed by atoms with Gasteiger partial charge in [0, 0.05) is 6.54 Å². The molecule has 5 nitrogen and oxygen atoms in total. The van der Waals surface area contributed by atoms with Gasteiger partial charge in [0.1, 0.15) is 0 Å². The van der Waals surface area contributed by atoms with Crippen molar-refractivity contribution in [3.8, 4) is 22.6 Å². The van der Waals surface area contributed by atoms with E-state index in [4.69, 9.17) is 9.47 Å². The number of carbonyl (C=O) groups excluding carboxylic acids is 1. The lowest BCUT2D eigenvalue weighted by molar-refractivity contribution is -0.118. The van der Waals surface area contributed by atoms with Crippen LogP contribution in [0.25, 0.3) is 11.1 Å². The maximum absolute atomic E-state index is 10.6. The van der Waals surface area contributed by atoms with E-state index in [1.807, 2.05) is 36.4 Å². The zero-order valence-corrected chi connectivity index (χ0v) is 15.2. The molecule has 0 atom stereocenters. The Morgan fingerprint density at radius 2 is 1.76 bits per heavy atom. The maximum Gasteiger partial charge on any atom is 0.231 e. The van der Waals surface area contributed by atoms with Crippen molar-refractivity contribution in [3.05, 3.63) is 48.5 Å². The lowest BCUT2D eigenvalue weighted by atomic mass is 10.1. The fourth-order valence-electron chi connectivity index (χ4n) is 2.32. The highest BCUT2D eigenvalue weighted by molar-refractivity contribution is 7.99. The van der Waals surface area contributed by atoms with E-state index < -0.39 is 0 Å². The molecule has 4 rings (SSSR count). The number of rotatable bonds is 1. The van der Waals surface area contributed by atoms with Crippen LogP contribution in [-0.4, -0.2) is 37.8 Å². The molecule has 3 N–H and O–H groups in total. The van der Waals surface area contributed by atoms with Gasteiger partial charge in [-0.25, -0.2) is 0 Å². The quantitative estimate of drug-likeness (QED) is 0.818. The predicted molar refractivity (Wildman–Crippen MR) is 103 cm³/mol. The van der Waals surface area contributed by atoms with E-state index in [0.29, 0.717) is 12.5 Å². The molecule has 0 spiro atoms. The van der Waals surface area contributed by atoms with E-state index in [0.717, 1.165) is 35.8 Å². The van der Waals surface area contributed by atoms with Gasteiger partial charge in [-0.2, -0.15) is 11.8 Å². The van der Waals surface area contributed by atoms with Crippen molar-refractivity contribution in [2.24, 2.45) is 5.73 Å². The number of carbonyl (C=O) groups is 1. The van der Waals surface area contributed by atoms with Crippen LogP contribution in [0.2, 0.25) is 0 Å². The van der Waals surface area contributed by atoms with Crippen molar-refractivity contribution in [3.63, 3.8) is 0 Å². The first kappa shape index (κ1) is 19.1. The first-order chi connectivity index (χ1) is 12.3. The van der Waals surface area contributed by atoms with E-state index in [9.17, 15) is 4.79 Å². The second kappa shape index (κ2) is 10.6. The minimum atomic E-state index is 0.188. The highest BCUT2D eigenvalue weighted by atomic mass is 32.2. The Morgan fingerprint density at radius 1 is 1.00 bits per heavy atom. The maximum atomic E-state index is 10.6. The van der Waals surface area contributed by atoms with E-state index in [2.05, 4.69) is 23.2 Å². The number of nitrogens with two attached hydrogens (primary N) is 1. The number of amides is 1. The molecule has 1 saturated heterocycles. The zero-order chi connectivity index (χ0) is 17.9. The smallest absolute Gasteiger partial charge is 0.231 e. The molecule has 1 fully saturated rings. The largest absolute Gasteiger partial charge is 0.454 e. The average molecular weight is 360 g/mol. The number of benzene rings is 2. The zero-order valence-electron chi connectivity index (χ0n) is 14.4. The van der Waals surface area contributed by atoms with Gasteiger partial charge in [0.2, 0.25) is 12.7 Å². The Labute approximate surface area is 152 Å². The highest BCUT2D eigenvalue weighted by Crippen LogP contribution is 2.35. The van der Waals surface area contributed by atoms with Crippen LogP contribution in [0.3, 0.4) is 0 Å². The molecule has 0 aliphatic carbocycles. The summed E-state index contributed by atoms with van der Waals surface area (Å²) < 4.78 is 10.6. The van der Waals surface area contributed by atoms with Crippen molar-refractivity contribution in [1.29, 1.82) is 0 Å². The van der Waals surface area contributed by atoms with Gasteiger partial charge in [-0.15, -0.1) is 0 Å². The number of hydrogen-bond acceptors (Lipinski definition) is 5. The Bertz CT molecular complexity index is 655. The first-order valence-corrected chi connectivity index (χ1v) is 9.35. The Kier molecular flexibility index (Phi) is 8.15. The summed E-state index contributed by atoms with van der Waals surface area (Å²) in [6.45, 7) is 1.19. The summed E-state index contributed by atoms with van der Waals surface area (Å²) in [6.07, 6.45) is 1.12. The number of fused-ring (bicyclic) bond motifs is 1. The monoisotopic (exact) mass is 360 g/mol. The number of hydrogen-bond donors (Lipinski definition) is 2. The Morgan fingerprint density at radius 3 is 2.56 bits per heavy atom. The van der Waals surface area contributed by atoms with Gasteiger partial charge in [-0.3, -0.25) is 4.79 Å². The van der Waals surface area contributed by atoms with Gasteiger partial charge in [0.25, 0.3) is 0 Å². The highest BCUT2D eigenvalue weighted by Gasteiger charge is 2.13. The fraction of sp³-hybridized carbons (Fsp3) is 0.316. The van der Waals surface area contributed by atoms with Crippen LogP contribution >= 0.6 is 11.8 Å². The van der Waals surface area contributed by atoms with Crippen molar-refractivity contribution >= 4 is 17.7 Å². The molecule has 25 heavy (non-hydrogen) atoms. The van der Waals surface area contributed by atoms with Gasteiger partial charge < -0.3 is 20.5 Å². The van der Waals surface area contributed by atoms with Crippen LogP contribution in [0.15, 0.2) is 48.5 Å². The molecule has 1 amide bonds. The number of thioether (sulfide) groups is 1. The van der Waals surface area contributed by atoms with Crippen molar-refractivity contribution in [2.45, 2.75) is 6.42 Å². The third kappa shape index (κ3) is 5.99. The van der Waals surface area contributed by atoms with Crippen LogP contribution in [-0.2, 0) is 4.79 Å². The molecular formula is C19H24N2O3S. The third-order valence-electron chi connectivity index (χ3n) is 3.50. The summed E-state index contributed by atoms with van der Waals surface area (Å²) in [4.78, 5) is 10.6. The molecule has 0 saturated carbocycles. The molecule has 0 radical (unpaired) electrons. The Balaban J connectivity index is 0.000000192. The minimum Gasteiger partial charge on any atom is -0.454 e. The lowest BCUT2D eigenvalue weighted by Gasteiger charge is -2.02. The molecular weight excluding hydrogens is 336 g/mol. The molecule has 2 aromatic carbocycles. The van der Waals surface area contributed by atoms with Gasteiger partial charge in [0.05, 0.1) is 5.75 Å². The minimum absolute atomic E-state index is 0.188. The van der Waals surface area contributed by atoms with Crippen LogP contribution < -0.4 is 20.5 Å². The van der Waals surface area contributed by atoms with E-state index in [-0.39, 0.29) is 5.91 Å². The van der Waals surface area contributed by atoms with Gasteiger partial charge in [-0.05, 0) is 42.5 Å². The van der Waals surface area contributed by atoms with Crippen LogP contribution in [0.4, 0.5) is 0 Å². The van der Waals surface area contributed by atoms with Crippen molar-refractivity contribution in [1.82, 2.24) is 5.32 Å². The molecule has 2 aliphatic rings. The first-order valence-electron chi connectivity index (χ1n) is 8.20. The van der Waals surface area contributed by atoms with E-state index in [1.54, 1.807) is 11.8 Å². The lowest BCUT2D eigenvalue weighted by Crippen LogP contribution is -2.23. The van der Waals surface area contributed by atoms with Crippen molar-refractivity contribution in [2.75, 3.05) is 31.9 Å². The van der Waals surface area contributed by atoms with Crippen LogP contribution in [0.5, 0.6) is 11.5 Å². The summed E-state index contributed by atoms with van der Waals surface area (Å²) in [6, 6.07) is 16.2. The summed E-state index contributed by atoms with van der Waals surface area (Å²) in [5.41, 5.74) is 6.84. The standard InChI is InChI=1S/C13H10O2.C5H9NOS.CH5N/c1-2-4-10(5-3-1)11-6-7-12-13(8-11)15-9-14-12;7-5-4-8-3-1-2-6-5;1-2/h1-8H,9H2;1-4H2,(H,6,7);2H2,1H3. The van der Waals surface area contributed by atoms with E-state index in [1.165, 1.54) is 12.6 Å². The van der Waals surface area contributed by atoms with Gasteiger partial charge in [-0.1, -0.05) is 36.4 Å². The second-order valence-electron chi connectivity index (χ2n) is 5.19. The predicted octanol–water partition coefficient (Wildman–Crippen LogP) is 2.90. The molecule has 2 aromatic rings. The number of nitrogens with one attached hydrogen (secondary N) is 1. The fourth-order valence-corrected chi connectivity index (χ4v) is 3.10. The van der Waals surface area contributed by atoms with Gasteiger partial charge >= 0.3 is 0 Å². The molecule has 0 bridgehead atoms. The van der Waals surface area contributed by atoms with Gasteiger partial charge in [0.15, 0.2) is 11.5 Å². The normalized spacial score (nSPS) is 14.9. The van der Waals surface area contributed by atoms with Crippen LogP contribution in [0, 0.1) is 0 Å². The molecule has 6 heteroatoms. The Hall–Kier alpha value is -2.18. The summed E-state index contributed by atoms with van der Waals surface area (Å²) in [5, 5.41) is 2.78. The molecule has 2 heterocycles. The van der Waals surface area contributed by atoms with E-state index >= 15 is 0 Å². The molecule has 0 aromatic heterocycles. The van der Waals surface area contributed by atoms with Crippen molar-refractivity contribution < 1.29 is 14.3 Å². The SMILES string of the molecule is CN.O=C1CSCCCN1.c1ccc(-c2ccc3c(c2)OCO3)cc1.